The number of halogens is 1. The molecule has 0 spiro atoms. The van der Waals surface area contributed by atoms with Gasteiger partial charge in [0.2, 0.25) is 0 Å². The molecule has 0 bridgehead atoms. The summed E-state index contributed by atoms with van der Waals surface area (Å²) in [6.07, 6.45) is 1.99. The van der Waals surface area contributed by atoms with Crippen molar-refractivity contribution in [3.63, 3.8) is 0 Å². The van der Waals surface area contributed by atoms with Crippen LogP contribution in [0.1, 0.15) is 37.4 Å². The molecule has 0 aliphatic carbocycles. The van der Waals surface area contributed by atoms with Crippen molar-refractivity contribution in [3.05, 3.63) is 59.4 Å². The van der Waals surface area contributed by atoms with Gasteiger partial charge in [-0.2, -0.15) is 0 Å². The Kier molecular flexibility index (Phi) is 5.20. The van der Waals surface area contributed by atoms with Gasteiger partial charge in [0.1, 0.15) is 0 Å². The minimum absolute atomic E-state index is 0.200. The second kappa shape index (κ2) is 7.11. The van der Waals surface area contributed by atoms with Crippen LogP contribution in [0.3, 0.4) is 0 Å². The van der Waals surface area contributed by atoms with Crippen LogP contribution in [-0.2, 0) is 6.42 Å². The number of hydrogen-bond acceptors (Lipinski definition) is 2. The number of methoxy groups -OCH3 is 1. The Labute approximate surface area is 126 Å². The third-order valence-corrected chi connectivity index (χ3v) is 3.69. The third kappa shape index (κ3) is 3.75. The molecular formula is C18H22FNO. The van der Waals surface area contributed by atoms with Crippen LogP contribution >= 0.6 is 0 Å². The summed E-state index contributed by atoms with van der Waals surface area (Å²) in [6, 6.07) is 13.7. The van der Waals surface area contributed by atoms with Crippen LogP contribution in [0.15, 0.2) is 42.5 Å². The van der Waals surface area contributed by atoms with Crippen LogP contribution in [0.4, 0.5) is 10.1 Å². The monoisotopic (exact) mass is 287 g/mol. The first-order chi connectivity index (χ1) is 10.2. The maximum Gasteiger partial charge on any atom is 0.165 e. The van der Waals surface area contributed by atoms with Gasteiger partial charge in [-0.1, -0.05) is 38.1 Å². The van der Waals surface area contributed by atoms with E-state index < -0.39 is 0 Å². The zero-order chi connectivity index (χ0) is 15.2. The first kappa shape index (κ1) is 15.4. The van der Waals surface area contributed by atoms with Crippen LogP contribution in [0, 0.1) is 5.82 Å². The molecule has 0 aliphatic rings. The van der Waals surface area contributed by atoms with E-state index in [0.717, 1.165) is 18.5 Å². The van der Waals surface area contributed by atoms with Crippen LogP contribution in [0.25, 0.3) is 0 Å². The lowest BCUT2D eigenvalue weighted by molar-refractivity contribution is 0.386. The predicted molar refractivity (Wildman–Crippen MR) is 85.4 cm³/mol. The maximum atomic E-state index is 13.4. The molecule has 1 unspecified atom stereocenters. The molecule has 3 heteroatoms. The highest BCUT2D eigenvalue weighted by molar-refractivity contribution is 5.50. The van der Waals surface area contributed by atoms with Gasteiger partial charge in [-0.25, -0.2) is 4.39 Å². The van der Waals surface area contributed by atoms with Gasteiger partial charge < -0.3 is 10.1 Å². The lowest BCUT2D eigenvalue weighted by atomic mass is 10.0. The summed E-state index contributed by atoms with van der Waals surface area (Å²) in [7, 11) is 1.48. The average Bonchev–Trinajstić information content (AvgIpc) is 2.54. The number of anilines is 1. The maximum absolute atomic E-state index is 13.4. The van der Waals surface area contributed by atoms with E-state index in [-0.39, 0.29) is 17.6 Å². The predicted octanol–water partition coefficient (Wildman–Crippen LogP) is 4.96. The van der Waals surface area contributed by atoms with Crippen molar-refractivity contribution >= 4 is 5.69 Å². The Morgan fingerprint density at radius 2 is 1.81 bits per heavy atom. The van der Waals surface area contributed by atoms with E-state index in [1.165, 1.54) is 24.3 Å². The molecule has 0 aliphatic heterocycles. The van der Waals surface area contributed by atoms with Crippen molar-refractivity contribution in [2.75, 3.05) is 12.4 Å². The van der Waals surface area contributed by atoms with Gasteiger partial charge in [0.25, 0.3) is 0 Å². The SMILES string of the molecule is CCc1ccc(C(CC)Nc2ccc(F)c(OC)c2)cc1. The molecule has 0 amide bonds. The quantitative estimate of drug-likeness (QED) is 0.810. The van der Waals surface area contributed by atoms with Gasteiger partial charge in [0, 0.05) is 11.8 Å². The van der Waals surface area contributed by atoms with E-state index in [9.17, 15) is 4.39 Å². The second-order valence-corrected chi connectivity index (χ2v) is 5.05. The summed E-state index contributed by atoms with van der Waals surface area (Å²) in [5.41, 5.74) is 3.43. The van der Waals surface area contributed by atoms with E-state index in [1.54, 1.807) is 12.1 Å². The molecule has 0 saturated carbocycles. The smallest absolute Gasteiger partial charge is 0.165 e. The normalized spacial score (nSPS) is 12.0. The number of aryl methyl sites for hydroxylation is 1. The molecule has 0 heterocycles. The number of nitrogens with one attached hydrogen (secondary N) is 1. The van der Waals surface area contributed by atoms with Crippen molar-refractivity contribution in [1.29, 1.82) is 0 Å². The summed E-state index contributed by atoms with van der Waals surface area (Å²) in [4.78, 5) is 0. The Hall–Kier alpha value is -2.03. The molecule has 1 atom stereocenters. The summed E-state index contributed by atoms with van der Waals surface area (Å²) >= 11 is 0. The Balaban J connectivity index is 2.18. The van der Waals surface area contributed by atoms with Gasteiger partial charge in [-0.05, 0) is 36.1 Å². The summed E-state index contributed by atoms with van der Waals surface area (Å²) in [6.45, 7) is 4.28. The van der Waals surface area contributed by atoms with Gasteiger partial charge >= 0.3 is 0 Å². The fourth-order valence-corrected chi connectivity index (χ4v) is 2.36. The van der Waals surface area contributed by atoms with Crippen molar-refractivity contribution in [2.24, 2.45) is 0 Å². The summed E-state index contributed by atoms with van der Waals surface area (Å²) < 4.78 is 18.5. The molecule has 2 rings (SSSR count). The van der Waals surface area contributed by atoms with Crippen molar-refractivity contribution < 1.29 is 9.13 Å². The molecule has 0 radical (unpaired) electrons. The minimum Gasteiger partial charge on any atom is -0.494 e. The van der Waals surface area contributed by atoms with Gasteiger partial charge in [0.05, 0.1) is 13.2 Å². The van der Waals surface area contributed by atoms with Crippen LogP contribution in [0.2, 0.25) is 0 Å². The zero-order valence-corrected chi connectivity index (χ0v) is 12.8. The van der Waals surface area contributed by atoms with E-state index in [2.05, 4.69) is 43.4 Å². The average molecular weight is 287 g/mol. The Morgan fingerprint density at radius 1 is 1.10 bits per heavy atom. The van der Waals surface area contributed by atoms with Gasteiger partial charge in [0.15, 0.2) is 11.6 Å². The Morgan fingerprint density at radius 3 is 2.38 bits per heavy atom. The fraction of sp³-hybridized carbons (Fsp3) is 0.333. The number of benzene rings is 2. The van der Waals surface area contributed by atoms with Crippen LogP contribution in [0.5, 0.6) is 5.75 Å². The topological polar surface area (TPSA) is 21.3 Å². The van der Waals surface area contributed by atoms with E-state index in [0.29, 0.717) is 0 Å². The molecule has 2 aromatic rings. The van der Waals surface area contributed by atoms with E-state index in [1.807, 2.05) is 0 Å². The van der Waals surface area contributed by atoms with Crippen molar-refractivity contribution in [2.45, 2.75) is 32.7 Å². The molecule has 21 heavy (non-hydrogen) atoms. The molecular weight excluding hydrogens is 265 g/mol. The molecule has 112 valence electrons. The van der Waals surface area contributed by atoms with E-state index >= 15 is 0 Å². The largest absolute Gasteiger partial charge is 0.494 e. The molecule has 2 aromatic carbocycles. The standard InChI is InChI=1S/C18H22FNO/c1-4-13-6-8-14(9-7-13)17(5-2)20-15-10-11-16(19)18(12-15)21-3/h6-12,17,20H,4-5H2,1-3H3. The number of rotatable bonds is 6. The molecule has 2 nitrogen and oxygen atoms in total. The highest BCUT2D eigenvalue weighted by Gasteiger charge is 2.11. The first-order valence-electron chi connectivity index (χ1n) is 7.36. The zero-order valence-electron chi connectivity index (χ0n) is 12.8. The van der Waals surface area contributed by atoms with Crippen LogP contribution in [-0.4, -0.2) is 7.11 Å². The fourth-order valence-electron chi connectivity index (χ4n) is 2.36. The van der Waals surface area contributed by atoms with Crippen LogP contribution < -0.4 is 10.1 Å². The summed E-state index contributed by atoms with van der Waals surface area (Å²) in [5, 5.41) is 3.44. The minimum atomic E-state index is -0.344. The molecule has 1 N–H and O–H groups in total. The molecule has 0 saturated heterocycles. The van der Waals surface area contributed by atoms with Crippen molar-refractivity contribution in [1.82, 2.24) is 0 Å². The van der Waals surface area contributed by atoms with E-state index in [4.69, 9.17) is 4.74 Å². The lowest BCUT2D eigenvalue weighted by Crippen LogP contribution is -2.10. The first-order valence-corrected chi connectivity index (χ1v) is 7.36. The highest BCUT2D eigenvalue weighted by atomic mass is 19.1. The summed E-state index contributed by atoms with van der Waals surface area (Å²) in [5.74, 6) is -0.0837. The molecule has 0 aromatic heterocycles. The Bertz CT molecular complexity index is 580. The number of hydrogen-bond donors (Lipinski definition) is 1. The van der Waals surface area contributed by atoms with Gasteiger partial charge in [-0.15, -0.1) is 0 Å². The number of ether oxygens (including phenoxy) is 1. The third-order valence-electron chi connectivity index (χ3n) is 3.69. The second-order valence-electron chi connectivity index (χ2n) is 5.05. The highest BCUT2D eigenvalue weighted by Crippen LogP contribution is 2.27. The van der Waals surface area contributed by atoms with Gasteiger partial charge in [-0.3, -0.25) is 0 Å². The van der Waals surface area contributed by atoms with Crippen molar-refractivity contribution in [3.8, 4) is 5.75 Å². The molecule has 0 fully saturated rings. The lowest BCUT2D eigenvalue weighted by Gasteiger charge is -2.19.